The molecular weight excluding hydrogens is 368 g/mol. The summed E-state index contributed by atoms with van der Waals surface area (Å²) in [6.45, 7) is 0. The molecule has 5 rings (SSSR count). The fourth-order valence-corrected chi connectivity index (χ4v) is 3.72. The van der Waals surface area contributed by atoms with Crippen molar-refractivity contribution in [1.29, 1.82) is 5.26 Å². The van der Waals surface area contributed by atoms with Gasteiger partial charge in [0.25, 0.3) is 0 Å². The van der Waals surface area contributed by atoms with Gasteiger partial charge >= 0.3 is 0 Å². The van der Waals surface area contributed by atoms with Crippen LogP contribution in [0.25, 0.3) is 44.2 Å². The van der Waals surface area contributed by atoms with Gasteiger partial charge in [-0.3, -0.25) is 4.98 Å². The Labute approximate surface area is 166 Å². The van der Waals surface area contributed by atoms with Gasteiger partial charge < -0.3 is 4.42 Å². The van der Waals surface area contributed by atoms with E-state index in [4.69, 9.17) is 21.3 Å². The molecular formula is C24H13ClN2O. The minimum atomic E-state index is 0.586. The van der Waals surface area contributed by atoms with Crippen LogP contribution in [0.4, 0.5) is 0 Å². The van der Waals surface area contributed by atoms with Crippen molar-refractivity contribution in [3.05, 3.63) is 89.7 Å². The number of hydrogen-bond donors (Lipinski definition) is 0. The maximum Gasteiger partial charge on any atom is 0.136 e. The summed E-state index contributed by atoms with van der Waals surface area (Å²) in [5.74, 6) is 0. The molecule has 0 radical (unpaired) electrons. The van der Waals surface area contributed by atoms with Gasteiger partial charge in [-0.1, -0.05) is 23.7 Å². The number of rotatable bonds is 2. The van der Waals surface area contributed by atoms with Crippen LogP contribution in [0.1, 0.15) is 5.56 Å². The van der Waals surface area contributed by atoms with Gasteiger partial charge in [0.2, 0.25) is 0 Å². The molecule has 0 bridgehead atoms. The molecule has 2 aromatic heterocycles. The van der Waals surface area contributed by atoms with Crippen LogP contribution in [0.2, 0.25) is 5.02 Å². The molecule has 132 valence electrons. The number of nitriles is 1. The molecule has 0 spiro atoms. The van der Waals surface area contributed by atoms with E-state index in [0.717, 1.165) is 38.6 Å². The van der Waals surface area contributed by atoms with E-state index in [1.165, 1.54) is 0 Å². The topological polar surface area (TPSA) is 49.8 Å². The molecule has 28 heavy (non-hydrogen) atoms. The molecule has 0 aliphatic heterocycles. The Bertz CT molecular complexity index is 1380. The molecule has 4 heteroatoms. The van der Waals surface area contributed by atoms with E-state index in [0.29, 0.717) is 16.2 Å². The molecule has 0 atom stereocenters. The Hall–Kier alpha value is -3.61. The number of nitrogens with zero attached hydrogens (tertiary/aromatic N) is 2. The van der Waals surface area contributed by atoms with Crippen LogP contribution in [-0.2, 0) is 0 Å². The van der Waals surface area contributed by atoms with Gasteiger partial charge in [-0.2, -0.15) is 5.26 Å². The van der Waals surface area contributed by atoms with Crippen LogP contribution in [0.15, 0.2) is 83.5 Å². The average Bonchev–Trinajstić information content (AvgIpc) is 3.10. The van der Waals surface area contributed by atoms with Crippen molar-refractivity contribution in [2.24, 2.45) is 0 Å². The Kier molecular flexibility index (Phi) is 3.86. The number of halogens is 1. The highest BCUT2D eigenvalue weighted by Crippen LogP contribution is 2.35. The second-order valence-electron chi connectivity index (χ2n) is 6.61. The summed E-state index contributed by atoms with van der Waals surface area (Å²) in [5.41, 5.74) is 6.13. The highest BCUT2D eigenvalue weighted by Gasteiger charge is 2.10. The van der Waals surface area contributed by atoms with Gasteiger partial charge in [-0.25, -0.2) is 0 Å². The summed E-state index contributed by atoms with van der Waals surface area (Å²) >= 11 is 6.39. The number of fused-ring (bicyclic) bond motifs is 3. The first-order valence-electron chi connectivity index (χ1n) is 8.79. The minimum Gasteiger partial charge on any atom is -0.456 e. The van der Waals surface area contributed by atoms with E-state index in [9.17, 15) is 0 Å². The normalized spacial score (nSPS) is 11.0. The van der Waals surface area contributed by atoms with E-state index >= 15 is 0 Å². The zero-order valence-corrected chi connectivity index (χ0v) is 15.4. The third kappa shape index (κ3) is 2.81. The van der Waals surface area contributed by atoms with Gasteiger partial charge in [0.15, 0.2) is 0 Å². The molecule has 0 unspecified atom stereocenters. The van der Waals surface area contributed by atoms with E-state index < -0.39 is 0 Å². The maximum atomic E-state index is 9.10. The van der Waals surface area contributed by atoms with Crippen molar-refractivity contribution < 1.29 is 4.42 Å². The van der Waals surface area contributed by atoms with Gasteiger partial charge in [0.05, 0.1) is 11.6 Å². The Morgan fingerprint density at radius 1 is 0.786 bits per heavy atom. The lowest BCUT2D eigenvalue weighted by molar-refractivity contribution is 0.669. The average molecular weight is 381 g/mol. The first-order valence-corrected chi connectivity index (χ1v) is 9.17. The van der Waals surface area contributed by atoms with Crippen molar-refractivity contribution in [1.82, 2.24) is 4.98 Å². The van der Waals surface area contributed by atoms with Gasteiger partial charge in [0, 0.05) is 33.8 Å². The predicted octanol–water partition coefficient (Wildman–Crippen LogP) is 6.84. The Morgan fingerprint density at radius 3 is 2.29 bits per heavy atom. The molecule has 2 heterocycles. The van der Waals surface area contributed by atoms with Crippen molar-refractivity contribution >= 4 is 33.5 Å². The van der Waals surface area contributed by atoms with Crippen LogP contribution in [-0.4, -0.2) is 4.98 Å². The van der Waals surface area contributed by atoms with Crippen molar-refractivity contribution in [3.8, 4) is 28.3 Å². The van der Waals surface area contributed by atoms with Crippen molar-refractivity contribution in [2.75, 3.05) is 0 Å². The lowest BCUT2D eigenvalue weighted by Gasteiger charge is -2.07. The third-order valence-electron chi connectivity index (χ3n) is 4.83. The molecule has 3 aromatic carbocycles. The summed E-state index contributed by atoms with van der Waals surface area (Å²) < 4.78 is 6.01. The van der Waals surface area contributed by atoms with E-state index in [2.05, 4.69) is 23.2 Å². The van der Waals surface area contributed by atoms with Crippen LogP contribution in [0.5, 0.6) is 0 Å². The summed E-state index contributed by atoms with van der Waals surface area (Å²) in [5, 5.41) is 11.8. The third-order valence-corrected chi connectivity index (χ3v) is 5.05. The fraction of sp³-hybridized carbons (Fsp3) is 0. The first kappa shape index (κ1) is 16.6. The van der Waals surface area contributed by atoms with Gasteiger partial charge in [-0.15, -0.1) is 0 Å². The lowest BCUT2D eigenvalue weighted by Crippen LogP contribution is -1.83. The van der Waals surface area contributed by atoms with Gasteiger partial charge in [-0.05, 0) is 71.3 Å². The first-order chi connectivity index (χ1) is 13.7. The molecule has 0 aliphatic rings. The van der Waals surface area contributed by atoms with Crippen LogP contribution < -0.4 is 0 Å². The van der Waals surface area contributed by atoms with Crippen molar-refractivity contribution in [2.45, 2.75) is 0 Å². The monoisotopic (exact) mass is 380 g/mol. The zero-order valence-electron chi connectivity index (χ0n) is 14.7. The quantitative estimate of drug-likeness (QED) is 0.337. The van der Waals surface area contributed by atoms with Gasteiger partial charge in [0.1, 0.15) is 11.2 Å². The SMILES string of the molecule is N#Cc1ccc2c(c1)oc1cc(-c3cc(Cl)cc(-c4cccnc4)c3)ccc12. The molecule has 0 aliphatic carbocycles. The highest BCUT2D eigenvalue weighted by atomic mass is 35.5. The molecule has 0 saturated heterocycles. The lowest BCUT2D eigenvalue weighted by atomic mass is 9.99. The fourth-order valence-electron chi connectivity index (χ4n) is 3.48. The largest absolute Gasteiger partial charge is 0.456 e. The van der Waals surface area contributed by atoms with Crippen LogP contribution >= 0.6 is 11.6 Å². The Morgan fingerprint density at radius 2 is 1.54 bits per heavy atom. The van der Waals surface area contributed by atoms with Crippen molar-refractivity contribution in [3.63, 3.8) is 0 Å². The summed E-state index contributed by atoms with van der Waals surface area (Å²) in [6.07, 6.45) is 3.58. The summed E-state index contributed by atoms with van der Waals surface area (Å²) in [6, 6.07) is 23.7. The molecule has 0 N–H and O–H groups in total. The maximum absolute atomic E-state index is 9.10. The molecule has 0 amide bonds. The highest BCUT2D eigenvalue weighted by molar-refractivity contribution is 6.31. The smallest absolute Gasteiger partial charge is 0.136 e. The van der Waals surface area contributed by atoms with Crippen LogP contribution in [0.3, 0.4) is 0 Å². The number of pyridine rings is 1. The van der Waals surface area contributed by atoms with Crippen LogP contribution in [0, 0.1) is 11.3 Å². The van der Waals surface area contributed by atoms with E-state index in [1.54, 1.807) is 12.3 Å². The number of hydrogen-bond acceptors (Lipinski definition) is 3. The van der Waals surface area contributed by atoms with E-state index in [1.807, 2.05) is 54.7 Å². The standard InChI is InChI=1S/C24H13ClN2O/c25-20-10-18(9-19(11-20)17-2-1-7-27-14-17)16-4-6-22-21-5-3-15(13-26)8-23(21)28-24(22)12-16/h1-12,14H. The predicted molar refractivity (Wildman–Crippen MR) is 112 cm³/mol. The molecule has 5 aromatic rings. The summed E-state index contributed by atoms with van der Waals surface area (Å²) in [7, 11) is 0. The minimum absolute atomic E-state index is 0.586. The number of aromatic nitrogens is 1. The Balaban J connectivity index is 1.66. The molecule has 0 saturated carbocycles. The molecule has 0 fully saturated rings. The summed E-state index contributed by atoms with van der Waals surface area (Å²) in [4.78, 5) is 4.19. The molecule has 3 nitrogen and oxygen atoms in total. The number of furan rings is 1. The number of benzene rings is 3. The van der Waals surface area contributed by atoms with E-state index in [-0.39, 0.29) is 0 Å². The zero-order chi connectivity index (χ0) is 19.1. The second kappa shape index (κ2) is 6.53. The second-order valence-corrected chi connectivity index (χ2v) is 7.04.